The van der Waals surface area contributed by atoms with E-state index in [-0.39, 0.29) is 26.4 Å². The Bertz CT molecular complexity index is 689. The SMILES string of the molecule is [B]c1cc(C(F)(F)C(F)(OC)C(F)(F)F)cc(C(F)(F)C(F)(OC)C(F)(F)F)c1. The lowest BCUT2D eigenvalue weighted by Gasteiger charge is -2.36. The lowest BCUT2D eigenvalue weighted by atomic mass is 9.86. The first-order valence-corrected chi connectivity index (χ1v) is 7.01. The average molecular weight is 448 g/mol. The Morgan fingerprint density at radius 2 is 0.862 bits per heavy atom. The van der Waals surface area contributed by atoms with E-state index in [1.807, 2.05) is 0 Å². The summed E-state index contributed by atoms with van der Waals surface area (Å²) in [5, 5.41) is 0. The minimum absolute atomic E-state index is 0.121. The molecule has 15 heteroatoms. The van der Waals surface area contributed by atoms with Gasteiger partial charge in [0.05, 0.1) is 0 Å². The molecule has 1 rings (SSSR count). The van der Waals surface area contributed by atoms with Gasteiger partial charge >= 0.3 is 35.9 Å². The smallest absolute Gasteiger partial charge is 0.337 e. The Kier molecular flexibility index (Phi) is 6.35. The summed E-state index contributed by atoms with van der Waals surface area (Å²) in [5.74, 6) is -23.1. The fourth-order valence-corrected chi connectivity index (χ4v) is 2.23. The van der Waals surface area contributed by atoms with E-state index in [1.165, 1.54) is 0 Å². The van der Waals surface area contributed by atoms with Gasteiger partial charge in [0, 0.05) is 25.3 Å². The van der Waals surface area contributed by atoms with Gasteiger partial charge in [-0.3, -0.25) is 0 Å². The zero-order valence-corrected chi connectivity index (χ0v) is 14.2. The maximum Gasteiger partial charge on any atom is 0.455 e. The van der Waals surface area contributed by atoms with Gasteiger partial charge in [-0.1, -0.05) is 17.6 Å². The topological polar surface area (TPSA) is 18.5 Å². The fourth-order valence-electron chi connectivity index (χ4n) is 2.23. The molecule has 0 saturated carbocycles. The molecule has 0 aliphatic carbocycles. The highest BCUT2D eigenvalue weighted by Gasteiger charge is 2.75. The van der Waals surface area contributed by atoms with E-state index in [2.05, 4.69) is 9.47 Å². The highest BCUT2D eigenvalue weighted by molar-refractivity contribution is 6.32. The first-order chi connectivity index (χ1) is 12.7. The molecule has 164 valence electrons. The molecule has 2 radical (unpaired) electrons. The zero-order valence-electron chi connectivity index (χ0n) is 14.2. The van der Waals surface area contributed by atoms with Crippen LogP contribution in [0.2, 0.25) is 0 Å². The number of halogens is 12. The third-order valence-corrected chi connectivity index (χ3v) is 3.78. The summed E-state index contributed by atoms with van der Waals surface area (Å²) in [6.07, 6.45) is -12.8. The van der Waals surface area contributed by atoms with Crippen molar-refractivity contribution in [1.29, 1.82) is 0 Å². The van der Waals surface area contributed by atoms with E-state index in [0.717, 1.165) is 0 Å². The predicted octanol–water partition coefficient (Wildman–Crippen LogP) is 4.41. The minimum atomic E-state index is -6.42. The van der Waals surface area contributed by atoms with Crippen molar-refractivity contribution in [3.63, 3.8) is 0 Å². The number of rotatable bonds is 6. The van der Waals surface area contributed by atoms with Crippen LogP contribution in [0.1, 0.15) is 11.1 Å². The summed E-state index contributed by atoms with van der Waals surface area (Å²) in [6, 6.07) is -0.924. The lowest BCUT2D eigenvalue weighted by Crippen LogP contribution is -2.56. The molecule has 1 aromatic carbocycles. The third-order valence-electron chi connectivity index (χ3n) is 3.78. The molecule has 2 nitrogen and oxygen atoms in total. The van der Waals surface area contributed by atoms with E-state index in [4.69, 9.17) is 7.85 Å². The molecular weight excluding hydrogens is 439 g/mol. The van der Waals surface area contributed by atoms with Crippen molar-refractivity contribution in [2.24, 2.45) is 0 Å². The second-order valence-corrected chi connectivity index (χ2v) is 5.59. The van der Waals surface area contributed by atoms with Crippen LogP contribution in [-0.2, 0) is 21.3 Å². The molecule has 29 heavy (non-hydrogen) atoms. The molecular formula is C14H9BF12O2. The summed E-state index contributed by atoms with van der Waals surface area (Å²) in [6.45, 7) is 0. The number of methoxy groups -OCH3 is 2. The van der Waals surface area contributed by atoms with Gasteiger partial charge in [-0.15, -0.1) is 0 Å². The molecule has 2 unspecified atom stereocenters. The molecule has 0 heterocycles. The Balaban J connectivity index is 3.76. The van der Waals surface area contributed by atoms with Gasteiger partial charge in [-0.05, 0) is 6.07 Å². The van der Waals surface area contributed by atoms with Gasteiger partial charge < -0.3 is 9.47 Å². The van der Waals surface area contributed by atoms with Crippen LogP contribution in [0.4, 0.5) is 52.7 Å². The molecule has 0 aliphatic heterocycles. The lowest BCUT2D eigenvalue weighted by molar-refractivity contribution is -0.399. The van der Waals surface area contributed by atoms with Crippen molar-refractivity contribution in [2.45, 2.75) is 35.9 Å². The number of benzene rings is 1. The Hall–Kier alpha value is -1.64. The summed E-state index contributed by atoms with van der Waals surface area (Å²) in [4.78, 5) is 0. The molecule has 2 atom stereocenters. The van der Waals surface area contributed by atoms with Crippen molar-refractivity contribution in [1.82, 2.24) is 0 Å². The highest BCUT2D eigenvalue weighted by atomic mass is 19.4. The van der Waals surface area contributed by atoms with Gasteiger partial charge in [0.15, 0.2) is 0 Å². The molecule has 0 aliphatic rings. The first kappa shape index (κ1) is 25.4. The Morgan fingerprint density at radius 3 is 1.07 bits per heavy atom. The van der Waals surface area contributed by atoms with E-state index in [1.54, 1.807) is 0 Å². The summed E-state index contributed by atoms with van der Waals surface area (Å²) >= 11 is 0. The van der Waals surface area contributed by atoms with Gasteiger partial charge in [0.25, 0.3) is 0 Å². The summed E-state index contributed by atoms with van der Waals surface area (Å²) in [5.41, 5.74) is -5.76. The normalized spacial score (nSPS) is 18.3. The van der Waals surface area contributed by atoms with Crippen LogP contribution in [0.15, 0.2) is 18.2 Å². The van der Waals surface area contributed by atoms with Gasteiger partial charge in [-0.2, -0.15) is 52.7 Å². The largest absolute Gasteiger partial charge is 0.455 e. The monoisotopic (exact) mass is 448 g/mol. The van der Waals surface area contributed by atoms with E-state index in [0.29, 0.717) is 0 Å². The maximum atomic E-state index is 14.2. The number of ether oxygens (including phenoxy) is 2. The quantitative estimate of drug-likeness (QED) is 0.475. The van der Waals surface area contributed by atoms with Crippen LogP contribution in [-0.4, -0.2) is 46.1 Å². The molecule has 0 aromatic heterocycles. The molecule has 1 aromatic rings. The Labute approximate surface area is 156 Å². The van der Waals surface area contributed by atoms with Crippen molar-refractivity contribution in [3.05, 3.63) is 29.3 Å². The molecule has 0 bridgehead atoms. The first-order valence-electron chi connectivity index (χ1n) is 7.01. The molecule has 0 amide bonds. The van der Waals surface area contributed by atoms with Gasteiger partial charge in [-0.25, -0.2) is 0 Å². The molecule has 0 spiro atoms. The van der Waals surface area contributed by atoms with E-state index < -0.39 is 58.6 Å². The zero-order chi connectivity index (χ0) is 23.3. The summed E-state index contributed by atoms with van der Waals surface area (Å²) in [7, 11) is 4.74. The molecule has 0 saturated heterocycles. The van der Waals surface area contributed by atoms with E-state index in [9.17, 15) is 52.7 Å². The average Bonchev–Trinajstić information content (AvgIpc) is 2.57. The van der Waals surface area contributed by atoms with Crippen LogP contribution < -0.4 is 5.46 Å². The molecule has 0 fully saturated rings. The fraction of sp³-hybridized carbons (Fsp3) is 0.571. The van der Waals surface area contributed by atoms with Gasteiger partial charge in [0.1, 0.15) is 7.85 Å². The molecule has 0 N–H and O–H groups in total. The van der Waals surface area contributed by atoms with Gasteiger partial charge in [0.2, 0.25) is 0 Å². The standard InChI is InChI=1S/C14H9BF12O2/c1-28-11(20,13(22,23)24)9(16,17)6-3-7(5-8(15)4-6)10(18,19)12(21,29-2)14(25,26)27/h3-5H,1-2H3. The second-order valence-electron chi connectivity index (χ2n) is 5.59. The maximum absolute atomic E-state index is 14.2. The minimum Gasteiger partial charge on any atom is -0.337 e. The number of hydrogen-bond donors (Lipinski definition) is 0. The second kappa shape index (κ2) is 7.25. The van der Waals surface area contributed by atoms with Crippen LogP contribution in [0, 0.1) is 0 Å². The van der Waals surface area contributed by atoms with E-state index >= 15 is 0 Å². The highest BCUT2D eigenvalue weighted by Crippen LogP contribution is 2.54. The van der Waals surface area contributed by atoms with Crippen molar-refractivity contribution < 1.29 is 62.2 Å². The number of hydrogen-bond acceptors (Lipinski definition) is 2. The van der Waals surface area contributed by atoms with Crippen LogP contribution in [0.5, 0.6) is 0 Å². The van der Waals surface area contributed by atoms with Crippen LogP contribution >= 0.6 is 0 Å². The number of alkyl halides is 12. The van der Waals surface area contributed by atoms with Crippen molar-refractivity contribution in [2.75, 3.05) is 14.2 Å². The predicted molar refractivity (Wildman–Crippen MR) is 73.4 cm³/mol. The van der Waals surface area contributed by atoms with Crippen LogP contribution in [0.25, 0.3) is 0 Å². The van der Waals surface area contributed by atoms with Crippen LogP contribution in [0.3, 0.4) is 0 Å². The summed E-state index contributed by atoms with van der Waals surface area (Å²) < 4.78 is 167. The third kappa shape index (κ3) is 3.78. The van der Waals surface area contributed by atoms with Crippen molar-refractivity contribution >= 4 is 13.3 Å². The van der Waals surface area contributed by atoms with Crippen molar-refractivity contribution in [3.8, 4) is 0 Å². The Morgan fingerprint density at radius 1 is 0.586 bits per heavy atom.